The topological polar surface area (TPSA) is 61.2 Å². The molecule has 0 aliphatic carbocycles. The summed E-state index contributed by atoms with van der Waals surface area (Å²) in [5.74, 6) is 0.614. The van der Waals surface area contributed by atoms with E-state index in [1.54, 1.807) is 36.5 Å². The quantitative estimate of drug-likeness (QED) is 0.459. The molecule has 5 nitrogen and oxygen atoms in total. The molecule has 0 spiro atoms. The molecule has 7 heteroatoms. The lowest BCUT2D eigenvalue weighted by atomic mass is 10.1. The molecule has 0 aliphatic rings. The van der Waals surface area contributed by atoms with Crippen LogP contribution in [0.2, 0.25) is 5.02 Å². The molecule has 1 aromatic heterocycles. The summed E-state index contributed by atoms with van der Waals surface area (Å²) in [5.41, 5.74) is 2.00. The number of benzene rings is 2. The van der Waals surface area contributed by atoms with Crippen LogP contribution in [0.4, 0.5) is 0 Å². The summed E-state index contributed by atoms with van der Waals surface area (Å²) in [4.78, 5) is 29.2. The predicted octanol–water partition coefficient (Wildman–Crippen LogP) is 4.18. The second kappa shape index (κ2) is 8.41. The number of ketones is 1. The number of thioether (sulfide) groups is 1. The van der Waals surface area contributed by atoms with Gasteiger partial charge in [-0.1, -0.05) is 53.2 Å². The van der Waals surface area contributed by atoms with Crippen LogP contribution in [-0.4, -0.2) is 28.2 Å². The molecule has 0 atom stereocenters. The number of carbonyl (C=O) groups is 1. The average molecular weight is 401 g/mol. The first kappa shape index (κ1) is 19.2. The van der Waals surface area contributed by atoms with Gasteiger partial charge in [-0.3, -0.25) is 14.2 Å². The minimum atomic E-state index is -0.305. The summed E-state index contributed by atoms with van der Waals surface area (Å²) in [6.45, 7) is 1.96. The summed E-state index contributed by atoms with van der Waals surface area (Å²) < 4.78 is 6.57. The minimum Gasteiger partial charge on any atom is -0.495 e. The van der Waals surface area contributed by atoms with E-state index in [0.717, 1.165) is 17.3 Å². The van der Waals surface area contributed by atoms with Crippen molar-refractivity contribution in [2.24, 2.45) is 0 Å². The highest BCUT2D eigenvalue weighted by molar-refractivity contribution is 7.99. The molecule has 2 aromatic carbocycles. The van der Waals surface area contributed by atoms with Gasteiger partial charge in [0.25, 0.3) is 5.56 Å². The lowest BCUT2D eigenvalue weighted by Crippen LogP contribution is -2.21. The number of aromatic nitrogens is 2. The van der Waals surface area contributed by atoms with Crippen LogP contribution < -0.4 is 10.3 Å². The fourth-order valence-electron chi connectivity index (χ4n) is 2.46. The maximum absolute atomic E-state index is 12.7. The lowest BCUT2D eigenvalue weighted by Gasteiger charge is -2.09. The van der Waals surface area contributed by atoms with Crippen LogP contribution in [0.1, 0.15) is 15.9 Å². The molecular weight excluding hydrogens is 384 g/mol. The Labute approximate surface area is 166 Å². The molecule has 1 heterocycles. The van der Waals surface area contributed by atoms with E-state index in [0.29, 0.717) is 22.0 Å². The zero-order chi connectivity index (χ0) is 19.4. The maximum atomic E-state index is 12.7. The Balaban J connectivity index is 1.81. The number of halogens is 1. The fraction of sp³-hybridized carbons (Fsp3) is 0.150. The highest BCUT2D eigenvalue weighted by Gasteiger charge is 2.12. The molecule has 138 valence electrons. The van der Waals surface area contributed by atoms with Crippen molar-refractivity contribution >= 4 is 29.1 Å². The van der Waals surface area contributed by atoms with Crippen molar-refractivity contribution in [2.45, 2.75) is 11.9 Å². The SMILES string of the molecule is COc1ccc(-n2ccnc(SCC(=O)c3ccc(C)cc3)c2=O)cc1Cl. The van der Waals surface area contributed by atoms with Crippen LogP contribution >= 0.6 is 23.4 Å². The van der Waals surface area contributed by atoms with Gasteiger partial charge in [-0.05, 0) is 25.1 Å². The van der Waals surface area contributed by atoms with E-state index in [4.69, 9.17) is 16.3 Å². The van der Waals surface area contributed by atoms with E-state index < -0.39 is 0 Å². The number of Topliss-reactive ketones (excluding diaryl/α,β-unsaturated/α-hetero) is 1. The summed E-state index contributed by atoms with van der Waals surface area (Å²) in [6.07, 6.45) is 3.09. The van der Waals surface area contributed by atoms with Gasteiger partial charge in [0.05, 0.1) is 23.6 Å². The van der Waals surface area contributed by atoms with Crippen LogP contribution in [0.3, 0.4) is 0 Å². The second-order valence-electron chi connectivity index (χ2n) is 5.80. The standard InChI is InChI=1S/C20H17ClN2O3S/c1-13-3-5-14(6-4-13)17(24)12-27-19-20(25)23(10-9-22-19)15-7-8-18(26-2)16(21)11-15/h3-11H,12H2,1-2H3. The first-order chi connectivity index (χ1) is 13.0. The van der Waals surface area contributed by atoms with Crippen LogP contribution in [0.15, 0.2) is 64.7 Å². The zero-order valence-corrected chi connectivity index (χ0v) is 16.4. The van der Waals surface area contributed by atoms with Gasteiger partial charge in [0, 0.05) is 18.0 Å². The molecule has 0 N–H and O–H groups in total. The number of ether oxygens (including phenoxy) is 1. The van der Waals surface area contributed by atoms with Gasteiger partial charge in [0.15, 0.2) is 10.8 Å². The highest BCUT2D eigenvalue weighted by Crippen LogP contribution is 2.26. The summed E-state index contributed by atoms with van der Waals surface area (Å²) in [6, 6.07) is 12.4. The van der Waals surface area contributed by atoms with Gasteiger partial charge in [-0.2, -0.15) is 0 Å². The second-order valence-corrected chi connectivity index (χ2v) is 7.18. The Kier molecular flexibility index (Phi) is 5.98. The normalized spacial score (nSPS) is 10.6. The Morgan fingerprint density at radius 1 is 1.22 bits per heavy atom. The van der Waals surface area contributed by atoms with Gasteiger partial charge in [-0.25, -0.2) is 4.98 Å². The largest absolute Gasteiger partial charge is 0.495 e. The van der Waals surface area contributed by atoms with Crippen molar-refractivity contribution in [3.63, 3.8) is 0 Å². The monoisotopic (exact) mass is 400 g/mol. The number of hydrogen-bond acceptors (Lipinski definition) is 5. The minimum absolute atomic E-state index is 0.0518. The molecule has 0 radical (unpaired) electrons. The maximum Gasteiger partial charge on any atom is 0.287 e. The van der Waals surface area contributed by atoms with Gasteiger partial charge in [0.1, 0.15) is 5.75 Å². The van der Waals surface area contributed by atoms with Gasteiger partial charge in [-0.15, -0.1) is 0 Å². The average Bonchev–Trinajstić information content (AvgIpc) is 2.67. The third-order valence-electron chi connectivity index (χ3n) is 3.94. The molecule has 27 heavy (non-hydrogen) atoms. The smallest absolute Gasteiger partial charge is 0.287 e. The lowest BCUT2D eigenvalue weighted by molar-refractivity contribution is 0.102. The molecular formula is C20H17ClN2O3S. The predicted molar refractivity (Wildman–Crippen MR) is 108 cm³/mol. The Bertz CT molecular complexity index is 1030. The third-order valence-corrected chi connectivity index (χ3v) is 5.19. The van der Waals surface area contributed by atoms with Crippen molar-refractivity contribution in [3.8, 4) is 11.4 Å². The van der Waals surface area contributed by atoms with Crippen LogP contribution in [0.5, 0.6) is 5.75 Å². The third kappa shape index (κ3) is 4.40. The van der Waals surface area contributed by atoms with Crippen molar-refractivity contribution in [1.82, 2.24) is 9.55 Å². The van der Waals surface area contributed by atoms with E-state index in [1.165, 1.54) is 17.9 Å². The number of aryl methyl sites for hydroxylation is 1. The molecule has 3 aromatic rings. The van der Waals surface area contributed by atoms with E-state index in [9.17, 15) is 9.59 Å². The molecule has 0 aliphatic heterocycles. The van der Waals surface area contributed by atoms with Crippen molar-refractivity contribution < 1.29 is 9.53 Å². The van der Waals surface area contributed by atoms with E-state index in [1.807, 2.05) is 19.1 Å². The van der Waals surface area contributed by atoms with Crippen LogP contribution in [-0.2, 0) is 0 Å². The fourth-order valence-corrected chi connectivity index (χ4v) is 3.50. The van der Waals surface area contributed by atoms with Crippen molar-refractivity contribution in [1.29, 1.82) is 0 Å². The molecule has 0 fully saturated rings. The Morgan fingerprint density at radius 2 is 1.96 bits per heavy atom. The first-order valence-electron chi connectivity index (χ1n) is 8.14. The molecule has 0 saturated carbocycles. The van der Waals surface area contributed by atoms with Gasteiger partial charge in [0.2, 0.25) is 0 Å². The molecule has 0 saturated heterocycles. The summed E-state index contributed by atoms with van der Waals surface area (Å²) >= 11 is 7.27. The number of nitrogens with zero attached hydrogens (tertiary/aromatic N) is 2. The van der Waals surface area contributed by atoms with Gasteiger partial charge >= 0.3 is 0 Å². The number of rotatable bonds is 6. The van der Waals surface area contributed by atoms with Crippen LogP contribution in [0, 0.1) is 6.92 Å². The molecule has 3 rings (SSSR count). The molecule has 0 bridgehead atoms. The highest BCUT2D eigenvalue weighted by atomic mass is 35.5. The zero-order valence-electron chi connectivity index (χ0n) is 14.8. The summed E-state index contributed by atoms with van der Waals surface area (Å²) in [7, 11) is 1.53. The Morgan fingerprint density at radius 3 is 2.63 bits per heavy atom. The van der Waals surface area contributed by atoms with Gasteiger partial charge < -0.3 is 4.74 Å². The first-order valence-corrected chi connectivity index (χ1v) is 9.50. The molecule has 0 amide bonds. The van der Waals surface area contributed by atoms with Crippen molar-refractivity contribution in [2.75, 3.05) is 12.9 Å². The number of hydrogen-bond donors (Lipinski definition) is 0. The van der Waals surface area contributed by atoms with E-state index in [-0.39, 0.29) is 22.1 Å². The molecule has 0 unspecified atom stereocenters. The van der Waals surface area contributed by atoms with Crippen LogP contribution in [0.25, 0.3) is 5.69 Å². The number of methoxy groups -OCH3 is 1. The van der Waals surface area contributed by atoms with Crippen molar-refractivity contribution in [3.05, 3.63) is 81.4 Å². The Hall–Kier alpha value is -2.57. The van der Waals surface area contributed by atoms with E-state index >= 15 is 0 Å². The number of carbonyl (C=O) groups excluding carboxylic acids is 1. The summed E-state index contributed by atoms with van der Waals surface area (Å²) in [5, 5.41) is 0.660. The van der Waals surface area contributed by atoms with E-state index in [2.05, 4.69) is 4.98 Å².